The first kappa shape index (κ1) is 20.8. The van der Waals surface area contributed by atoms with Gasteiger partial charge in [0.25, 0.3) is 5.91 Å². The maximum Gasteiger partial charge on any atom is 0.306 e. The number of hydrogen-bond acceptors (Lipinski definition) is 5. The third-order valence-electron chi connectivity index (χ3n) is 6.10. The quantitative estimate of drug-likeness (QED) is 0.719. The highest BCUT2D eigenvalue weighted by molar-refractivity contribution is 7.12. The van der Waals surface area contributed by atoms with Crippen LogP contribution in [0.25, 0.3) is 0 Å². The van der Waals surface area contributed by atoms with Crippen molar-refractivity contribution in [3.8, 4) is 0 Å². The SMILES string of the molecule is O=C(O)CC1CCN(C(=O)c2cccs2)CC1CCN1CCC(C(=O)O)CC1. The van der Waals surface area contributed by atoms with Crippen molar-refractivity contribution in [2.45, 2.75) is 32.1 Å². The summed E-state index contributed by atoms with van der Waals surface area (Å²) in [5, 5.41) is 20.3. The van der Waals surface area contributed by atoms with Gasteiger partial charge >= 0.3 is 11.9 Å². The Kier molecular flexibility index (Phi) is 7.07. The van der Waals surface area contributed by atoms with Gasteiger partial charge in [0.2, 0.25) is 0 Å². The fourth-order valence-corrected chi connectivity index (χ4v) is 5.08. The Labute approximate surface area is 168 Å². The number of carbonyl (C=O) groups is 3. The van der Waals surface area contributed by atoms with E-state index in [-0.39, 0.29) is 30.1 Å². The van der Waals surface area contributed by atoms with Crippen LogP contribution in [0.2, 0.25) is 0 Å². The van der Waals surface area contributed by atoms with Crippen LogP contribution in [0.4, 0.5) is 0 Å². The molecule has 8 heteroatoms. The van der Waals surface area contributed by atoms with E-state index in [0.29, 0.717) is 25.9 Å². The summed E-state index contributed by atoms with van der Waals surface area (Å²) < 4.78 is 0. The van der Waals surface area contributed by atoms with Crippen LogP contribution in [0.15, 0.2) is 17.5 Å². The van der Waals surface area contributed by atoms with E-state index in [0.717, 1.165) is 37.4 Å². The summed E-state index contributed by atoms with van der Waals surface area (Å²) in [6, 6.07) is 3.70. The van der Waals surface area contributed by atoms with Crippen molar-refractivity contribution in [3.05, 3.63) is 22.4 Å². The lowest BCUT2D eigenvalue weighted by Crippen LogP contribution is -2.45. The Balaban J connectivity index is 1.57. The van der Waals surface area contributed by atoms with Crippen molar-refractivity contribution in [1.29, 1.82) is 0 Å². The Morgan fingerprint density at radius 3 is 2.43 bits per heavy atom. The zero-order valence-corrected chi connectivity index (χ0v) is 16.8. The molecular weight excluding hydrogens is 380 g/mol. The number of carbonyl (C=O) groups excluding carboxylic acids is 1. The lowest BCUT2D eigenvalue weighted by atomic mass is 9.81. The Morgan fingerprint density at radius 1 is 1.07 bits per heavy atom. The van der Waals surface area contributed by atoms with Gasteiger partial charge in [0, 0.05) is 19.5 Å². The van der Waals surface area contributed by atoms with Gasteiger partial charge in [0.1, 0.15) is 0 Å². The molecule has 7 nitrogen and oxygen atoms in total. The van der Waals surface area contributed by atoms with E-state index in [1.807, 2.05) is 22.4 Å². The lowest BCUT2D eigenvalue weighted by molar-refractivity contribution is -0.143. The van der Waals surface area contributed by atoms with E-state index in [2.05, 4.69) is 4.90 Å². The Morgan fingerprint density at radius 2 is 1.82 bits per heavy atom. The van der Waals surface area contributed by atoms with Crippen molar-refractivity contribution in [1.82, 2.24) is 9.80 Å². The van der Waals surface area contributed by atoms with E-state index < -0.39 is 11.9 Å². The first-order valence-electron chi connectivity index (χ1n) is 9.93. The van der Waals surface area contributed by atoms with Crippen LogP contribution in [0.1, 0.15) is 41.8 Å². The number of thiophene rings is 1. The second-order valence-corrected chi connectivity index (χ2v) is 8.83. The van der Waals surface area contributed by atoms with Crippen molar-refractivity contribution in [2.75, 3.05) is 32.7 Å². The molecule has 28 heavy (non-hydrogen) atoms. The summed E-state index contributed by atoms with van der Waals surface area (Å²) in [6.07, 6.45) is 3.04. The molecule has 2 unspecified atom stereocenters. The van der Waals surface area contributed by atoms with E-state index in [4.69, 9.17) is 5.11 Å². The van der Waals surface area contributed by atoms with Crippen molar-refractivity contribution in [3.63, 3.8) is 0 Å². The molecular formula is C20H28N2O5S. The highest BCUT2D eigenvalue weighted by Gasteiger charge is 2.34. The molecule has 3 rings (SSSR count). The average molecular weight is 409 g/mol. The minimum atomic E-state index is -0.782. The molecule has 1 aromatic rings. The van der Waals surface area contributed by atoms with Crippen LogP contribution in [0.3, 0.4) is 0 Å². The number of piperidine rings is 2. The normalized spacial score (nSPS) is 24.2. The largest absolute Gasteiger partial charge is 0.481 e. The molecule has 0 aliphatic carbocycles. The first-order valence-corrected chi connectivity index (χ1v) is 10.8. The van der Waals surface area contributed by atoms with E-state index in [9.17, 15) is 19.5 Å². The van der Waals surface area contributed by atoms with Crippen molar-refractivity contribution >= 4 is 29.2 Å². The monoisotopic (exact) mass is 408 g/mol. The third kappa shape index (κ3) is 5.32. The molecule has 2 fully saturated rings. The molecule has 0 spiro atoms. The molecule has 0 bridgehead atoms. The lowest BCUT2D eigenvalue weighted by Gasteiger charge is -2.39. The number of rotatable bonds is 7. The summed E-state index contributed by atoms with van der Waals surface area (Å²) in [4.78, 5) is 39.9. The number of hydrogen-bond donors (Lipinski definition) is 2. The summed E-state index contributed by atoms with van der Waals surface area (Å²) in [5.41, 5.74) is 0. The predicted molar refractivity (Wildman–Crippen MR) is 105 cm³/mol. The highest BCUT2D eigenvalue weighted by Crippen LogP contribution is 2.31. The second-order valence-electron chi connectivity index (χ2n) is 7.88. The van der Waals surface area contributed by atoms with Crippen LogP contribution < -0.4 is 0 Å². The maximum absolute atomic E-state index is 12.7. The van der Waals surface area contributed by atoms with Gasteiger partial charge in [0.05, 0.1) is 10.8 Å². The first-order chi connectivity index (χ1) is 13.4. The molecule has 1 amide bonds. The van der Waals surface area contributed by atoms with Crippen LogP contribution in [0.5, 0.6) is 0 Å². The Bertz CT molecular complexity index is 685. The third-order valence-corrected chi connectivity index (χ3v) is 6.96. The second kappa shape index (κ2) is 9.52. The van der Waals surface area contributed by atoms with Crippen LogP contribution >= 0.6 is 11.3 Å². The standard InChI is InChI=1S/C20H28N2O5S/c23-18(24)12-15-6-10-22(19(25)17-2-1-11-28-17)13-16(15)5-9-21-7-3-14(4-8-21)20(26)27/h1-2,11,14-16H,3-10,12-13H2,(H,23,24)(H,26,27). The molecule has 2 atom stereocenters. The van der Waals surface area contributed by atoms with Gasteiger partial charge in [-0.2, -0.15) is 0 Å². The fraction of sp³-hybridized carbons (Fsp3) is 0.650. The maximum atomic E-state index is 12.7. The number of aliphatic carboxylic acids is 2. The number of nitrogens with zero attached hydrogens (tertiary/aromatic N) is 2. The number of likely N-dealkylation sites (tertiary alicyclic amines) is 2. The van der Waals surface area contributed by atoms with Gasteiger partial charge in [-0.3, -0.25) is 14.4 Å². The number of carboxylic acids is 2. The number of amides is 1. The highest BCUT2D eigenvalue weighted by atomic mass is 32.1. The van der Waals surface area contributed by atoms with E-state index >= 15 is 0 Å². The molecule has 3 heterocycles. The zero-order valence-electron chi connectivity index (χ0n) is 16.0. The minimum absolute atomic E-state index is 0.0380. The molecule has 0 aromatic carbocycles. The summed E-state index contributed by atoms with van der Waals surface area (Å²) in [7, 11) is 0. The topological polar surface area (TPSA) is 98.2 Å². The fourth-order valence-electron chi connectivity index (χ4n) is 4.39. The summed E-state index contributed by atoms with van der Waals surface area (Å²) >= 11 is 1.43. The molecule has 0 radical (unpaired) electrons. The molecule has 0 saturated carbocycles. The molecule has 2 saturated heterocycles. The van der Waals surface area contributed by atoms with Gasteiger partial charge in [-0.25, -0.2) is 0 Å². The van der Waals surface area contributed by atoms with Gasteiger partial charge < -0.3 is 20.0 Å². The van der Waals surface area contributed by atoms with Crippen LogP contribution in [-0.2, 0) is 9.59 Å². The summed E-state index contributed by atoms with van der Waals surface area (Å²) in [5.74, 6) is -1.46. The zero-order chi connectivity index (χ0) is 20.1. The van der Waals surface area contributed by atoms with E-state index in [1.165, 1.54) is 11.3 Å². The van der Waals surface area contributed by atoms with Gasteiger partial charge in [-0.15, -0.1) is 11.3 Å². The average Bonchev–Trinajstić information content (AvgIpc) is 3.21. The van der Waals surface area contributed by atoms with Gasteiger partial charge in [-0.1, -0.05) is 6.07 Å². The molecule has 154 valence electrons. The predicted octanol–water partition coefficient (Wildman–Crippen LogP) is 2.49. The van der Waals surface area contributed by atoms with Crippen molar-refractivity contribution < 1.29 is 24.6 Å². The minimum Gasteiger partial charge on any atom is -0.481 e. The van der Waals surface area contributed by atoms with Crippen LogP contribution in [-0.4, -0.2) is 70.6 Å². The van der Waals surface area contributed by atoms with Crippen LogP contribution in [0, 0.1) is 17.8 Å². The number of carboxylic acid groups (broad SMARTS) is 2. The molecule has 2 N–H and O–H groups in total. The summed E-state index contributed by atoms with van der Waals surface area (Å²) in [6.45, 7) is 3.57. The molecule has 1 aromatic heterocycles. The molecule has 2 aliphatic rings. The Hall–Kier alpha value is -1.93. The van der Waals surface area contributed by atoms with Gasteiger partial charge in [0.15, 0.2) is 0 Å². The van der Waals surface area contributed by atoms with Crippen molar-refractivity contribution in [2.24, 2.45) is 17.8 Å². The smallest absolute Gasteiger partial charge is 0.306 e. The van der Waals surface area contributed by atoms with E-state index in [1.54, 1.807) is 0 Å². The van der Waals surface area contributed by atoms with Gasteiger partial charge in [-0.05, 0) is 68.6 Å². The molecule has 2 aliphatic heterocycles.